The molecule has 118 valence electrons. The second-order valence-corrected chi connectivity index (χ2v) is 5.14. The molecular weight excluding hydrogens is 314 g/mol. The van der Waals surface area contributed by atoms with E-state index in [2.05, 4.69) is 21.5 Å². The molecule has 6 heteroatoms. The maximum Gasteiger partial charge on any atom is 0.253 e. The zero-order valence-electron chi connectivity index (χ0n) is 12.3. The minimum Gasteiger partial charge on any atom is -0.387 e. The molecule has 0 saturated heterocycles. The second-order valence-electron chi connectivity index (χ2n) is 4.74. The molecule has 0 fully saturated rings. The summed E-state index contributed by atoms with van der Waals surface area (Å²) in [6.07, 6.45) is 5.76. The molecule has 1 unspecified atom stereocenters. The van der Waals surface area contributed by atoms with Gasteiger partial charge in [-0.15, -0.1) is 6.42 Å². The highest BCUT2D eigenvalue weighted by Gasteiger charge is 2.11. The third-order valence-electron chi connectivity index (χ3n) is 3.12. The van der Waals surface area contributed by atoms with Crippen molar-refractivity contribution in [2.24, 2.45) is 0 Å². The fourth-order valence-electron chi connectivity index (χ4n) is 1.92. The first kappa shape index (κ1) is 16.8. The van der Waals surface area contributed by atoms with Gasteiger partial charge in [0.15, 0.2) is 0 Å². The first-order valence-electron chi connectivity index (χ1n) is 6.96. The number of nitrogens with one attached hydrogen (secondary N) is 2. The van der Waals surface area contributed by atoms with Gasteiger partial charge in [0, 0.05) is 23.3 Å². The van der Waals surface area contributed by atoms with E-state index in [0.717, 1.165) is 0 Å². The van der Waals surface area contributed by atoms with Gasteiger partial charge in [0.1, 0.15) is 5.82 Å². The van der Waals surface area contributed by atoms with E-state index in [1.165, 1.54) is 6.20 Å². The van der Waals surface area contributed by atoms with Crippen LogP contribution in [0.5, 0.6) is 0 Å². The van der Waals surface area contributed by atoms with Crippen molar-refractivity contribution in [1.29, 1.82) is 0 Å². The van der Waals surface area contributed by atoms with Crippen molar-refractivity contribution < 1.29 is 9.90 Å². The molecule has 1 amide bonds. The standard InChI is InChI=1S/C17H16ClN3O2/c1-2-9-19-17(23)12-7-8-16(20-10-12)21-11-15(22)13-5-3-4-6-14(13)18/h1,3-8,10,15,22H,9,11H2,(H,19,23)(H,20,21). The number of carbonyl (C=O) groups excluding carboxylic acids is 1. The number of amides is 1. The number of benzene rings is 1. The Morgan fingerprint density at radius 1 is 1.35 bits per heavy atom. The molecule has 23 heavy (non-hydrogen) atoms. The molecule has 1 aromatic carbocycles. The van der Waals surface area contributed by atoms with Crippen LogP contribution in [0.3, 0.4) is 0 Å². The largest absolute Gasteiger partial charge is 0.387 e. The summed E-state index contributed by atoms with van der Waals surface area (Å²) in [6.45, 7) is 0.419. The van der Waals surface area contributed by atoms with E-state index in [9.17, 15) is 9.90 Å². The molecule has 1 heterocycles. The summed E-state index contributed by atoms with van der Waals surface area (Å²) < 4.78 is 0. The topological polar surface area (TPSA) is 74.2 Å². The molecule has 3 N–H and O–H groups in total. The van der Waals surface area contributed by atoms with Gasteiger partial charge in [0.2, 0.25) is 0 Å². The Bertz CT molecular complexity index is 711. The van der Waals surface area contributed by atoms with Crippen molar-refractivity contribution >= 4 is 23.3 Å². The molecule has 0 bridgehead atoms. The van der Waals surface area contributed by atoms with Crippen LogP contribution in [0, 0.1) is 12.3 Å². The van der Waals surface area contributed by atoms with Gasteiger partial charge in [0.25, 0.3) is 5.91 Å². The molecule has 1 aromatic heterocycles. The van der Waals surface area contributed by atoms with Crippen molar-refractivity contribution in [1.82, 2.24) is 10.3 Å². The lowest BCUT2D eigenvalue weighted by molar-refractivity contribution is 0.0958. The molecule has 2 aromatic rings. The van der Waals surface area contributed by atoms with Crippen LogP contribution < -0.4 is 10.6 Å². The predicted molar refractivity (Wildman–Crippen MR) is 90.3 cm³/mol. The molecule has 0 aliphatic heterocycles. The van der Waals surface area contributed by atoms with Crippen LogP contribution in [0.4, 0.5) is 5.82 Å². The van der Waals surface area contributed by atoms with E-state index >= 15 is 0 Å². The van der Waals surface area contributed by atoms with E-state index in [0.29, 0.717) is 22.0 Å². The number of carbonyl (C=O) groups is 1. The number of hydrogen-bond donors (Lipinski definition) is 3. The van der Waals surface area contributed by atoms with Gasteiger partial charge in [-0.2, -0.15) is 0 Å². The summed E-state index contributed by atoms with van der Waals surface area (Å²) in [7, 11) is 0. The Morgan fingerprint density at radius 3 is 2.78 bits per heavy atom. The van der Waals surface area contributed by atoms with Crippen molar-refractivity contribution in [2.75, 3.05) is 18.4 Å². The Morgan fingerprint density at radius 2 is 2.13 bits per heavy atom. The van der Waals surface area contributed by atoms with Crippen molar-refractivity contribution in [2.45, 2.75) is 6.10 Å². The average molecular weight is 330 g/mol. The zero-order valence-corrected chi connectivity index (χ0v) is 13.0. The van der Waals surface area contributed by atoms with E-state index in [-0.39, 0.29) is 19.0 Å². The highest BCUT2D eigenvalue weighted by Crippen LogP contribution is 2.22. The average Bonchev–Trinajstić information content (AvgIpc) is 2.58. The summed E-state index contributed by atoms with van der Waals surface area (Å²) >= 11 is 6.04. The molecule has 0 aliphatic rings. The second kappa shape index (κ2) is 8.18. The number of terminal acetylenes is 1. The molecule has 1 atom stereocenters. The number of hydrogen-bond acceptors (Lipinski definition) is 4. The number of aromatic nitrogens is 1. The van der Waals surface area contributed by atoms with Gasteiger partial charge in [-0.25, -0.2) is 4.98 Å². The summed E-state index contributed by atoms with van der Waals surface area (Å²) in [5.74, 6) is 2.60. The van der Waals surface area contributed by atoms with Crippen LogP contribution in [0.1, 0.15) is 22.0 Å². The minimum atomic E-state index is -0.760. The molecule has 0 saturated carbocycles. The summed E-state index contributed by atoms with van der Waals surface area (Å²) in [5.41, 5.74) is 1.06. The summed E-state index contributed by atoms with van der Waals surface area (Å²) in [6, 6.07) is 10.4. The fraction of sp³-hybridized carbons (Fsp3) is 0.176. The number of aliphatic hydroxyl groups excluding tert-OH is 1. The van der Waals surface area contributed by atoms with E-state index in [1.54, 1.807) is 30.3 Å². The van der Waals surface area contributed by atoms with Gasteiger partial charge in [0.05, 0.1) is 18.2 Å². The van der Waals surface area contributed by atoms with Crippen LogP contribution in [0.15, 0.2) is 42.6 Å². The van der Waals surface area contributed by atoms with Crippen LogP contribution in [-0.2, 0) is 0 Å². The zero-order chi connectivity index (χ0) is 16.7. The van der Waals surface area contributed by atoms with Crippen LogP contribution in [0.2, 0.25) is 5.02 Å². The lowest BCUT2D eigenvalue weighted by atomic mass is 10.1. The summed E-state index contributed by atoms with van der Waals surface area (Å²) in [4.78, 5) is 15.8. The Kier molecular flexibility index (Phi) is 5.98. The van der Waals surface area contributed by atoms with Crippen molar-refractivity contribution in [3.05, 3.63) is 58.7 Å². The van der Waals surface area contributed by atoms with Crippen LogP contribution in [0.25, 0.3) is 0 Å². The molecule has 0 spiro atoms. The first-order chi connectivity index (χ1) is 11.1. The fourth-order valence-corrected chi connectivity index (χ4v) is 2.18. The molecule has 2 rings (SSSR count). The first-order valence-corrected chi connectivity index (χ1v) is 7.33. The summed E-state index contributed by atoms with van der Waals surface area (Å²) in [5, 5.41) is 16.2. The maximum absolute atomic E-state index is 11.7. The third kappa shape index (κ3) is 4.71. The normalized spacial score (nSPS) is 11.3. The Balaban J connectivity index is 1.93. The van der Waals surface area contributed by atoms with Crippen LogP contribution in [-0.4, -0.2) is 29.1 Å². The van der Waals surface area contributed by atoms with E-state index in [1.807, 2.05) is 6.07 Å². The van der Waals surface area contributed by atoms with Crippen LogP contribution >= 0.6 is 11.6 Å². The lowest BCUT2D eigenvalue weighted by Crippen LogP contribution is -2.23. The highest BCUT2D eigenvalue weighted by atomic mass is 35.5. The van der Waals surface area contributed by atoms with Gasteiger partial charge < -0.3 is 15.7 Å². The molecule has 5 nitrogen and oxygen atoms in total. The number of pyridine rings is 1. The minimum absolute atomic E-state index is 0.170. The van der Waals surface area contributed by atoms with E-state index < -0.39 is 6.10 Å². The number of halogens is 1. The van der Waals surface area contributed by atoms with Gasteiger partial charge in [-0.3, -0.25) is 4.79 Å². The smallest absolute Gasteiger partial charge is 0.253 e. The van der Waals surface area contributed by atoms with Crippen molar-refractivity contribution in [3.63, 3.8) is 0 Å². The monoisotopic (exact) mass is 329 g/mol. The number of rotatable bonds is 6. The highest BCUT2D eigenvalue weighted by molar-refractivity contribution is 6.31. The third-order valence-corrected chi connectivity index (χ3v) is 3.46. The molecular formula is C17H16ClN3O2. The lowest BCUT2D eigenvalue weighted by Gasteiger charge is -2.14. The predicted octanol–water partition coefficient (Wildman–Crippen LogP) is 2.24. The quantitative estimate of drug-likeness (QED) is 0.711. The Labute approximate surface area is 139 Å². The van der Waals surface area contributed by atoms with E-state index in [4.69, 9.17) is 18.0 Å². The van der Waals surface area contributed by atoms with Gasteiger partial charge in [-0.1, -0.05) is 35.7 Å². The molecule has 0 aliphatic carbocycles. The van der Waals surface area contributed by atoms with Gasteiger partial charge in [-0.05, 0) is 18.2 Å². The van der Waals surface area contributed by atoms with Crippen molar-refractivity contribution in [3.8, 4) is 12.3 Å². The number of aliphatic hydroxyl groups is 1. The van der Waals surface area contributed by atoms with Gasteiger partial charge >= 0.3 is 0 Å². The SMILES string of the molecule is C#CCNC(=O)c1ccc(NCC(O)c2ccccc2Cl)nc1. The molecule has 0 radical (unpaired) electrons. The number of anilines is 1. The maximum atomic E-state index is 11.7. The number of nitrogens with zero attached hydrogens (tertiary/aromatic N) is 1. The Hall–Kier alpha value is -2.55.